The lowest BCUT2D eigenvalue weighted by Crippen LogP contribution is -1.99. The molecule has 1 aliphatic rings. The molecule has 3 rings (SSSR count). The van der Waals surface area contributed by atoms with E-state index in [2.05, 4.69) is 0 Å². The number of rotatable bonds is 4. The highest BCUT2D eigenvalue weighted by Crippen LogP contribution is 2.53. The lowest BCUT2D eigenvalue weighted by Gasteiger charge is -2.13. The Labute approximate surface area is 133 Å². The summed E-state index contributed by atoms with van der Waals surface area (Å²) in [7, 11) is 4.64. The van der Waals surface area contributed by atoms with Gasteiger partial charge in [0, 0.05) is 30.3 Å². The minimum Gasteiger partial charge on any atom is -0.497 e. The van der Waals surface area contributed by atoms with Crippen LogP contribution in [0.2, 0.25) is 0 Å². The van der Waals surface area contributed by atoms with E-state index in [9.17, 15) is 5.11 Å². The molecule has 0 saturated carbocycles. The van der Waals surface area contributed by atoms with Gasteiger partial charge < -0.3 is 14.2 Å². The third-order valence-electron chi connectivity index (χ3n) is 3.51. The minimum atomic E-state index is -0.508. The molecular weight excluding hydrogens is 304 g/mol. The van der Waals surface area contributed by atoms with E-state index in [0.717, 1.165) is 33.8 Å². The van der Waals surface area contributed by atoms with Gasteiger partial charge in [0.15, 0.2) is 12.0 Å². The molecule has 0 spiro atoms. The lowest BCUT2D eigenvalue weighted by molar-refractivity contribution is -0.0376. The van der Waals surface area contributed by atoms with Crippen molar-refractivity contribution in [1.82, 2.24) is 0 Å². The van der Waals surface area contributed by atoms with E-state index in [-0.39, 0.29) is 11.5 Å². The van der Waals surface area contributed by atoms with Crippen molar-refractivity contribution < 1.29 is 23.5 Å². The maximum absolute atomic E-state index is 12.6. The van der Waals surface area contributed by atoms with Gasteiger partial charge in [-0.1, -0.05) is 12.1 Å². The molecule has 1 radical (unpaired) electrons. The molecule has 5 nitrogen and oxygen atoms in total. The fourth-order valence-electron chi connectivity index (χ4n) is 2.39. The van der Waals surface area contributed by atoms with E-state index in [0.29, 0.717) is 5.56 Å². The topological polar surface area (TPSA) is 56.8 Å². The van der Waals surface area contributed by atoms with Crippen LogP contribution in [0.1, 0.15) is 11.9 Å². The summed E-state index contributed by atoms with van der Waals surface area (Å²) in [6.07, 6.45) is -0.508. The molecule has 0 aliphatic carbocycles. The number of hydrogen-bond donors (Lipinski definition) is 0. The van der Waals surface area contributed by atoms with Gasteiger partial charge in [-0.05, 0) is 23.8 Å². The van der Waals surface area contributed by atoms with Crippen LogP contribution in [0.4, 0.5) is 0 Å². The average Bonchev–Trinajstić information content (AvgIpc) is 2.97. The molecule has 2 aromatic rings. The van der Waals surface area contributed by atoms with E-state index in [4.69, 9.17) is 18.4 Å². The van der Waals surface area contributed by atoms with Crippen LogP contribution in [0.15, 0.2) is 35.2 Å². The van der Waals surface area contributed by atoms with Gasteiger partial charge in [-0.15, -0.1) is 0 Å². The van der Waals surface area contributed by atoms with Gasteiger partial charge in [0.25, 0.3) is 0 Å². The second-order valence-corrected chi connectivity index (χ2v) is 5.44. The molecule has 0 fully saturated rings. The largest absolute Gasteiger partial charge is 0.497 e. The molecule has 0 bridgehead atoms. The Hall–Kier alpha value is -1.89. The Balaban J connectivity index is 2.19. The van der Waals surface area contributed by atoms with Gasteiger partial charge in [-0.2, -0.15) is 0 Å². The van der Waals surface area contributed by atoms with Crippen molar-refractivity contribution in [2.75, 3.05) is 21.3 Å². The van der Waals surface area contributed by atoms with Gasteiger partial charge in [0.1, 0.15) is 5.75 Å². The summed E-state index contributed by atoms with van der Waals surface area (Å²) in [4.78, 5) is 0.766. The molecule has 115 valence electrons. The van der Waals surface area contributed by atoms with Gasteiger partial charge in [0.2, 0.25) is 5.75 Å². The van der Waals surface area contributed by atoms with E-state index >= 15 is 0 Å². The van der Waals surface area contributed by atoms with Crippen LogP contribution in [-0.4, -0.2) is 21.3 Å². The van der Waals surface area contributed by atoms with Crippen molar-refractivity contribution >= 4 is 12.0 Å². The van der Waals surface area contributed by atoms with Gasteiger partial charge in [0.05, 0.1) is 19.1 Å². The Morgan fingerprint density at radius 2 is 1.82 bits per heavy atom. The molecule has 1 atom stereocenters. The van der Waals surface area contributed by atoms with E-state index in [1.165, 1.54) is 7.11 Å². The zero-order valence-corrected chi connectivity index (χ0v) is 13.2. The first-order chi connectivity index (χ1) is 10.7. The van der Waals surface area contributed by atoms with Crippen LogP contribution in [0.5, 0.6) is 17.2 Å². The van der Waals surface area contributed by atoms with Gasteiger partial charge in [-0.3, -0.25) is 9.29 Å². The van der Waals surface area contributed by atoms with Crippen molar-refractivity contribution in [2.45, 2.75) is 11.2 Å². The highest BCUT2D eigenvalue weighted by Gasteiger charge is 2.32. The minimum absolute atomic E-state index is 0.167. The summed E-state index contributed by atoms with van der Waals surface area (Å²) in [5.41, 5.74) is 2.14. The monoisotopic (exact) mass is 319 g/mol. The summed E-state index contributed by atoms with van der Waals surface area (Å²) < 4.78 is 21.2. The smallest absolute Gasteiger partial charge is 0.229 e. The molecule has 2 aromatic carbocycles. The SMILES string of the molecule is COc1ccc(-c2c([O])c(OC)cc3c2SOC3OC)cc1. The van der Waals surface area contributed by atoms with Crippen molar-refractivity contribution in [1.29, 1.82) is 0 Å². The first-order valence-electron chi connectivity index (χ1n) is 6.62. The molecule has 0 aromatic heterocycles. The highest BCUT2D eigenvalue weighted by molar-refractivity contribution is 7.95. The maximum Gasteiger partial charge on any atom is 0.229 e. The molecule has 6 heteroatoms. The molecule has 0 N–H and O–H groups in total. The average molecular weight is 319 g/mol. The van der Waals surface area contributed by atoms with Gasteiger partial charge >= 0.3 is 0 Å². The summed E-state index contributed by atoms with van der Waals surface area (Å²) in [6, 6.07) is 8.99. The first kappa shape index (κ1) is 15.0. The Bertz CT molecular complexity index is 684. The Kier molecular flexibility index (Phi) is 4.15. The number of hydrogen-bond acceptors (Lipinski definition) is 5. The third kappa shape index (κ3) is 2.39. The second-order valence-electron chi connectivity index (χ2n) is 4.68. The van der Waals surface area contributed by atoms with Crippen molar-refractivity contribution in [3.8, 4) is 28.4 Å². The molecule has 1 aliphatic heterocycles. The quantitative estimate of drug-likeness (QED) is 0.791. The highest BCUT2D eigenvalue weighted by atomic mass is 32.2. The zero-order chi connectivity index (χ0) is 15.7. The Morgan fingerprint density at radius 3 is 2.41 bits per heavy atom. The number of ether oxygens (including phenoxy) is 3. The fraction of sp³-hybridized carbons (Fsp3) is 0.250. The van der Waals surface area contributed by atoms with Crippen LogP contribution in [0.3, 0.4) is 0 Å². The molecular formula is C16H15O5S. The lowest BCUT2D eigenvalue weighted by atomic mass is 10.0. The normalized spacial score (nSPS) is 16.4. The van der Waals surface area contributed by atoms with Crippen molar-refractivity contribution in [3.63, 3.8) is 0 Å². The number of benzene rings is 2. The summed E-state index contributed by atoms with van der Waals surface area (Å²) in [6.45, 7) is 0. The summed E-state index contributed by atoms with van der Waals surface area (Å²) in [5, 5.41) is 12.6. The van der Waals surface area contributed by atoms with Crippen LogP contribution in [0, 0.1) is 0 Å². The van der Waals surface area contributed by atoms with E-state index < -0.39 is 6.29 Å². The molecule has 0 amide bonds. The predicted octanol–water partition coefficient (Wildman–Crippen LogP) is 4.20. The molecule has 0 saturated heterocycles. The van der Waals surface area contributed by atoms with Crippen LogP contribution >= 0.6 is 12.0 Å². The maximum atomic E-state index is 12.6. The van der Waals surface area contributed by atoms with E-state index in [1.807, 2.05) is 24.3 Å². The van der Waals surface area contributed by atoms with Crippen LogP contribution in [0.25, 0.3) is 11.1 Å². The Morgan fingerprint density at radius 1 is 1.09 bits per heavy atom. The molecule has 1 heterocycles. The number of methoxy groups -OCH3 is 3. The van der Waals surface area contributed by atoms with Crippen molar-refractivity contribution in [2.24, 2.45) is 0 Å². The standard InChI is InChI=1S/C16H15O5S/c1-18-10-6-4-9(5-7-10)13-14(17)12(19-2)8-11-15(13)22-21-16(11)20-3/h4-8,16H,1-3H3. The first-order valence-corrected chi connectivity index (χ1v) is 7.36. The zero-order valence-electron chi connectivity index (χ0n) is 12.4. The predicted molar refractivity (Wildman–Crippen MR) is 81.8 cm³/mol. The summed E-state index contributed by atoms with van der Waals surface area (Å²) >= 11 is 1.15. The van der Waals surface area contributed by atoms with Crippen molar-refractivity contribution in [3.05, 3.63) is 35.9 Å². The molecule has 22 heavy (non-hydrogen) atoms. The fourth-order valence-corrected chi connectivity index (χ4v) is 3.30. The van der Waals surface area contributed by atoms with Gasteiger partial charge in [-0.25, -0.2) is 0 Å². The van der Waals surface area contributed by atoms with Crippen LogP contribution < -0.4 is 9.47 Å². The van der Waals surface area contributed by atoms with E-state index in [1.54, 1.807) is 20.3 Å². The summed E-state index contributed by atoms with van der Waals surface area (Å²) in [5.74, 6) is 0.839. The second kappa shape index (κ2) is 6.08. The number of fused-ring (bicyclic) bond motifs is 1. The molecule has 1 unspecified atom stereocenters. The van der Waals surface area contributed by atoms with Crippen LogP contribution in [-0.2, 0) is 14.0 Å². The third-order valence-corrected chi connectivity index (χ3v) is 4.39.